The van der Waals surface area contributed by atoms with Crippen molar-refractivity contribution in [3.63, 3.8) is 0 Å². The van der Waals surface area contributed by atoms with Gasteiger partial charge in [0, 0.05) is 11.1 Å². The summed E-state index contributed by atoms with van der Waals surface area (Å²) in [7, 11) is 0. The van der Waals surface area contributed by atoms with Crippen LogP contribution < -0.4 is 4.74 Å². The number of fused-ring (bicyclic) bond motifs is 1. The zero-order valence-electron chi connectivity index (χ0n) is 10.7. The minimum Gasteiger partial charge on any atom is -0.473 e. The third kappa shape index (κ3) is 2.23. The van der Waals surface area contributed by atoms with Crippen molar-refractivity contribution in [1.82, 2.24) is 0 Å². The summed E-state index contributed by atoms with van der Waals surface area (Å²) in [6, 6.07) is 3.37. The number of hydrogen-bond donors (Lipinski definition) is 1. The molecule has 0 fully saturated rings. The third-order valence-electron chi connectivity index (χ3n) is 3.33. The van der Waals surface area contributed by atoms with Gasteiger partial charge < -0.3 is 9.84 Å². The molecule has 0 radical (unpaired) electrons. The molecule has 1 aromatic carbocycles. The highest BCUT2D eigenvalue weighted by Crippen LogP contribution is 2.44. The van der Waals surface area contributed by atoms with Gasteiger partial charge in [0.1, 0.15) is 5.75 Å². The van der Waals surface area contributed by atoms with Crippen LogP contribution in [0.3, 0.4) is 0 Å². The van der Waals surface area contributed by atoms with E-state index in [4.69, 9.17) is 4.74 Å². The first kappa shape index (κ1) is 13.9. The van der Waals surface area contributed by atoms with Crippen molar-refractivity contribution in [3.05, 3.63) is 34.9 Å². The van der Waals surface area contributed by atoms with Gasteiger partial charge in [-0.3, -0.25) is 0 Å². The predicted octanol–water partition coefficient (Wildman–Crippen LogP) is 3.60. The first-order valence-corrected chi connectivity index (χ1v) is 6.02. The lowest BCUT2D eigenvalue weighted by atomic mass is 9.93. The second-order valence-corrected chi connectivity index (χ2v) is 4.68. The van der Waals surface area contributed by atoms with Crippen molar-refractivity contribution in [3.8, 4) is 5.75 Å². The Labute approximate surface area is 109 Å². The van der Waals surface area contributed by atoms with Crippen molar-refractivity contribution in [2.24, 2.45) is 0 Å². The average molecular weight is 272 g/mol. The van der Waals surface area contributed by atoms with Crippen LogP contribution in [0.25, 0.3) is 6.08 Å². The highest BCUT2D eigenvalue weighted by molar-refractivity contribution is 5.64. The predicted molar refractivity (Wildman–Crippen MR) is 65.8 cm³/mol. The lowest BCUT2D eigenvalue weighted by molar-refractivity contribution is -0.230. The van der Waals surface area contributed by atoms with Crippen LogP contribution >= 0.6 is 0 Å². The number of benzene rings is 1. The Bertz CT molecular complexity index is 520. The molecule has 19 heavy (non-hydrogen) atoms. The SMILES string of the molecule is CCC1(C(F)(F)F)C=Cc2cc(C)cc(CO)c2O1. The summed E-state index contributed by atoms with van der Waals surface area (Å²) in [5, 5.41) is 9.28. The van der Waals surface area contributed by atoms with Crippen LogP contribution in [-0.4, -0.2) is 16.9 Å². The van der Waals surface area contributed by atoms with E-state index in [2.05, 4.69) is 0 Å². The highest BCUT2D eigenvalue weighted by atomic mass is 19.4. The average Bonchev–Trinajstić information content (AvgIpc) is 2.35. The molecule has 2 nitrogen and oxygen atoms in total. The van der Waals surface area contributed by atoms with Crippen LogP contribution in [0, 0.1) is 6.92 Å². The van der Waals surface area contributed by atoms with Crippen molar-refractivity contribution in [2.45, 2.75) is 38.7 Å². The van der Waals surface area contributed by atoms with Crippen molar-refractivity contribution < 1.29 is 23.0 Å². The van der Waals surface area contributed by atoms with Crippen LogP contribution in [0.2, 0.25) is 0 Å². The molecule has 1 aliphatic heterocycles. The number of rotatable bonds is 2. The van der Waals surface area contributed by atoms with Gasteiger partial charge in [-0.2, -0.15) is 13.2 Å². The number of aryl methyl sites for hydroxylation is 1. The highest BCUT2D eigenvalue weighted by Gasteiger charge is 2.55. The topological polar surface area (TPSA) is 29.5 Å². The Morgan fingerprint density at radius 2 is 2.00 bits per heavy atom. The quantitative estimate of drug-likeness (QED) is 0.891. The first-order chi connectivity index (χ1) is 8.83. The largest absolute Gasteiger partial charge is 0.473 e. The van der Waals surface area contributed by atoms with Crippen molar-refractivity contribution >= 4 is 6.08 Å². The number of halogens is 3. The van der Waals surface area contributed by atoms with Gasteiger partial charge in [-0.15, -0.1) is 0 Å². The standard InChI is InChI=1S/C14H15F3O2/c1-3-13(14(15,16)17)5-4-10-6-9(2)7-11(8-18)12(10)19-13/h4-7,18H,3,8H2,1-2H3. The Kier molecular flexibility index (Phi) is 3.34. The van der Waals surface area contributed by atoms with E-state index in [1.807, 2.05) is 6.92 Å². The molecule has 2 rings (SSSR count). The molecular weight excluding hydrogens is 257 g/mol. The van der Waals surface area contributed by atoms with E-state index >= 15 is 0 Å². The van der Waals surface area contributed by atoms with Gasteiger partial charge in [-0.25, -0.2) is 0 Å². The van der Waals surface area contributed by atoms with Gasteiger partial charge >= 0.3 is 6.18 Å². The maximum Gasteiger partial charge on any atom is 0.432 e. The van der Waals surface area contributed by atoms with Gasteiger partial charge in [0.15, 0.2) is 0 Å². The second kappa shape index (κ2) is 4.56. The van der Waals surface area contributed by atoms with Crippen LogP contribution in [0.4, 0.5) is 13.2 Å². The Hall–Kier alpha value is -1.49. The lowest BCUT2D eigenvalue weighted by Crippen LogP contribution is -2.49. The first-order valence-electron chi connectivity index (χ1n) is 6.02. The molecule has 1 heterocycles. The van der Waals surface area contributed by atoms with E-state index in [1.54, 1.807) is 12.1 Å². The number of aliphatic hydroxyl groups is 1. The molecule has 0 aromatic heterocycles. The minimum absolute atomic E-state index is 0.120. The molecule has 1 aliphatic rings. The van der Waals surface area contributed by atoms with Gasteiger partial charge in [0.05, 0.1) is 6.61 Å². The molecule has 0 saturated heterocycles. The zero-order valence-corrected chi connectivity index (χ0v) is 10.7. The number of ether oxygens (including phenoxy) is 1. The summed E-state index contributed by atoms with van der Waals surface area (Å²) in [5.74, 6) is 0.120. The molecule has 1 unspecified atom stereocenters. The molecular formula is C14H15F3O2. The molecule has 104 valence electrons. The molecule has 1 N–H and O–H groups in total. The van der Waals surface area contributed by atoms with Gasteiger partial charge in [-0.05, 0) is 31.1 Å². The summed E-state index contributed by atoms with van der Waals surface area (Å²) in [5.41, 5.74) is -0.495. The molecule has 0 saturated carbocycles. The van der Waals surface area contributed by atoms with Crippen molar-refractivity contribution in [2.75, 3.05) is 0 Å². The fourth-order valence-corrected chi connectivity index (χ4v) is 2.23. The van der Waals surface area contributed by atoms with E-state index in [1.165, 1.54) is 13.0 Å². The van der Waals surface area contributed by atoms with Crippen LogP contribution in [0.15, 0.2) is 18.2 Å². The van der Waals surface area contributed by atoms with Crippen LogP contribution in [0.5, 0.6) is 5.75 Å². The van der Waals surface area contributed by atoms with E-state index < -0.39 is 11.8 Å². The van der Waals surface area contributed by atoms with Crippen LogP contribution in [-0.2, 0) is 6.61 Å². The summed E-state index contributed by atoms with van der Waals surface area (Å²) in [4.78, 5) is 0. The maximum atomic E-state index is 13.2. The molecule has 0 aliphatic carbocycles. The molecule has 1 aromatic rings. The summed E-state index contributed by atoms with van der Waals surface area (Å²) >= 11 is 0. The second-order valence-electron chi connectivity index (χ2n) is 4.68. The lowest BCUT2D eigenvalue weighted by Gasteiger charge is -2.36. The number of alkyl halides is 3. The zero-order chi connectivity index (χ0) is 14.3. The maximum absolute atomic E-state index is 13.2. The van der Waals surface area contributed by atoms with E-state index in [-0.39, 0.29) is 18.8 Å². The molecule has 1 atom stereocenters. The third-order valence-corrected chi connectivity index (χ3v) is 3.33. The van der Waals surface area contributed by atoms with Gasteiger partial charge in [0.2, 0.25) is 5.60 Å². The fourth-order valence-electron chi connectivity index (χ4n) is 2.23. The summed E-state index contributed by atoms with van der Waals surface area (Å²) < 4.78 is 44.7. The molecule has 0 spiro atoms. The summed E-state index contributed by atoms with van der Waals surface area (Å²) in [6.07, 6.45) is -2.24. The number of hydrogen-bond acceptors (Lipinski definition) is 2. The monoisotopic (exact) mass is 272 g/mol. The van der Waals surface area contributed by atoms with E-state index in [0.29, 0.717) is 11.1 Å². The molecule has 0 amide bonds. The van der Waals surface area contributed by atoms with Gasteiger partial charge in [-0.1, -0.05) is 19.1 Å². The number of aliphatic hydroxyl groups excluding tert-OH is 1. The molecule has 0 bridgehead atoms. The van der Waals surface area contributed by atoms with Crippen molar-refractivity contribution in [1.29, 1.82) is 0 Å². The van der Waals surface area contributed by atoms with E-state index in [9.17, 15) is 18.3 Å². The molecule has 5 heteroatoms. The Morgan fingerprint density at radius 3 is 2.53 bits per heavy atom. The Balaban J connectivity index is 2.55. The fraction of sp³-hybridized carbons (Fsp3) is 0.429. The smallest absolute Gasteiger partial charge is 0.432 e. The Morgan fingerprint density at radius 1 is 1.32 bits per heavy atom. The van der Waals surface area contributed by atoms with E-state index in [0.717, 1.165) is 11.6 Å². The summed E-state index contributed by atoms with van der Waals surface area (Å²) in [6.45, 7) is 2.89. The van der Waals surface area contributed by atoms with Crippen LogP contribution in [0.1, 0.15) is 30.0 Å². The van der Waals surface area contributed by atoms with Gasteiger partial charge in [0.25, 0.3) is 0 Å². The normalized spacial score (nSPS) is 22.0. The minimum atomic E-state index is -4.49.